The van der Waals surface area contributed by atoms with Gasteiger partial charge >= 0.3 is 12.3 Å². The molecule has 1 aromatic heterocycles. The molecule has 202 valence electrons. The van der Waals surface area contributed by atoms with Crippen LogP contribution in [-0.2, 0) is 12.7 Å². The van der Waals surface area contributed by atoms with Crippen LogP contribution in [0.3, 0.4) is 0 Å². The first-order chi connectivity index (χ1) is 18.4. The summed E-state index contributed by atoms with van der Waals surface area (Å²) in [6, 6.07) is 13.6. The van der Waals surface area contributed by atoms with Crippen molar-refractivity contribution >= 4 is 12.0 Å². The number of aromatic nitrogens is 1. The van der Waals surface area contributed by atoms with Crippen molar-refractivity contribution in [2.75, 3.05) is 26.2 Å². The molecular formula is C28H25F3N4O4. The van der Waals surface area contributed by atoms with Gasteiger partial charge in [-0.3, -0.25) is 9.59 Å². The van der Waals surface area contributed by atoms with Crippen LogP contribution in [0.25, 0.3) is 11.3 Å². The van der Waals surface area contributed by atoms with Crippen LogP contribution >= 0.6 is 0 Å². The van der Waals surface area contributed by atoms with Crippen molar-refractivity contribution in [2.24, 2.45) is 0 Å². The van der Waals surface area contributed by atoms with Crippen LogP contribution < -0.4 is 5.56 Å². The number of nitrogens with zero attached hydrogens (tertiary/aromatic N) is 4. The highest BCUT2D eigenvalue weighted by atomic mass is 19.4. The second kappa shape index (κ2) is 10.6. The molecule has 0 atom stereocenters. The van der Waals surface area contributed by atoms with E-state index in [-0.39, 0.29) is 55.5 Å². The van der Waals surface area contributed by atoms with Gasteiger partial charge in [-0.05, 0) is 48.7 Å². The lowest BCUT2D eigenvalue weighted by atomic mass is 10.0. The summed E-state index contributed by atoms with van der Waals surface area (Å²) in [4.78, 5) is 40.0. The van der Waals surface area contributed by atoms with E-state index in [1.165, 1.54) is 40.1 Å². The quantitative estimate of drug-likeness (QED) is 0.526. The van der Waals surface area contributed by atoms with Crippen LogP contribution in [0, 0.1) is 25.2 Å². The van der Waals surface area contributed by atoms with Crippen molar-refractivity contribution in [3.05, 3.63) is 92.3 Å². The number of carbonyl (C=O) groups excluding carboxylic acids is 1. The number of aryl methyl sites for hydroxylation is 2. The molecule has 1 aliphatic heterocycles. The van der Waals surface area contributed by atoms with E-state index in [4.69, 9.17) is 5.11 Å². The maximum absolute atomic E-state index is 13.8. The second-order valence-electron chi connectivity index (χ2n) is 9.39. The highest BCUT2D eigenvalue weighted by molar-refractivity contribution is 5.94. The average molecular weight is 539 g/mol. The molecule has 3 aromatic rings. The third-order valence-electron chi connectivity index (χ3n) is 6.81. The van der Waals surface area contributed by atoms with Gasteiger partial charge in [-0.15, -0.1) is 0 Å². The molecule has 1 fully saturated rings. The Kier molecular flexibility index (Phi) is 7.49. The number of carbonyl (C=O) groups is 2. The summed E-state index contributed by atoms with van der Waals surface area (Å²) in [7, 11) is 0. The number of nitriles is 1. The normalized spacial score (nSPS) is 13.7. The van der Waals surface area contributed by atoms with Gasteiger partial charge in [0.15, 0.2) is 0 Å². The Hall–Kier alpha value is -4.59. The largest absolute Gasteiger partial charge is 0.465 e. The van der Waals surface area contributed by atoms with Crippen LogP contribution in [0.15, 0.2) is 53.3 Å². The number of pyridine rings is 1. The number of benzene rings is 2. The fourth-order valence-electron chi connectivity index (χ4n) is 4.63. The first kappa shape index (κ1) is 27.4. The van der Waals surface area contributed by atoms with E-state index in [1.807, 2.05) is 26.0 Å². The number of carboxylic acid groups (broad SMARTS) is 1. The molecule has 0 radical (unpaired) electrons. The first-order valence-electron chi connectivity index (χ1n) is 12.1. The molecule has 0 unspecified atom stereocenters. The molecule has 1 saturated heterocycles. The van der Waals surface area contributed by atoms with Crippen LogP contribution in [0.2, 0.25) is 0 Å². The number of hydrogen-bond acceptors (Lipinski definition) is 4. The molecule has 2 amide bonds. The van der Waals surface area contributed by atoms with Gasteiger partial charge in [-0.25, -0.2) is 4.79 Å². The summed E-state index contributed by atoms with van der Waals surface area (Å²) in [6.07, 6.45) is -5.98. The Balaban J connectivity index is 1.75. The van der Waals surface area contributed by atoms with Crippen LogP contribution in [0.4, 0.5) is 18.0 Å². The van der Waals surface area contributed by atoms with Crippen LogP contribution in [0.5, 0.6) is 0 Å². The molecule has 4 rings (SSSR count). The van der Waals surface area contributed by atoms with Crippen molar-refractivity contribution < 1.29 is 27.9 Å². The molecule has 0 aliphatic carbocycles. The van der Waals surface area contributed by atoms with Gasteiger partial charge in [0.1, 0.15) is 11.6 Å². The summed E-state index contributed by atoms with van der Waals surface area (Å²) in [6.45, 7) is 4.46. The van der Waals surface area contributed by atoms with Crippen LogP contribution in [0.1, 0.15) is 38.2 Å². The zero-order valence-corrected chi connectivity index (χ0v) is 21.2. The maximum Gasteiger partial charge on any atom is 0.417 e. The third-order valence-corrected chi connectivity index (χ3v) is 6.81. The Morgan fingerprint density at radius 1 is 0.974 bits per heavy atom. The molecule has 1 N–H and O–H groups in total. The molecule has 11 heteroatoms. The highest BCUT2D eigenvalue weighted by Crippen LogP contribution is 2.34. The van der Waals surface area contributed by atoms with Crippen molar-refractivity contribution in [1.29, 1.82) is 5.26 Å². The summed E-state index contributed by atoms with van der Waals surface area (Å²) in [5.41, 5.74) is -0.330. The minimum atomic E-state index is -4.92. The lowest BCUT2D eigenvalue weighted by molar-refractivity contribution is -0.137. The number of piperazine rings is 1. The topological polar surface area (TPSA) is 107 Å². The molecule has 1 aliphatic rings. The van der Waals surface area contributed by atoms with E-state index >= 15 is 0 Å². The number of halogens is 3. The Bertz CT molecular complexity index is 1530. The van der Waals surface area contributed by atoms with Gasteiger partial charge < -0.3 is 19.5 Å². The zero-order valence-electron chi connectivity index (χ0n) is 21.2. The van der Waals surface area contributed by atoms with E-state index in [9.17, 15) is 32.8 Å². The number of alkyl halides is 3. The predicted molar refractivity (Wildman–Crippen MR) is 136 cm³/mol. The van der Waals surface area contributed by atoms with E-state index < -0.39 is 29.0 Å². The van der Waals surface area contributed by atoms with Crippen molar-refractivity contribution in [1.82, 2.24) is 14.4 Å². The first-order valence-corrected chi connectivity index (χ1v) is 12.1. The minimum Gasteiger partial charge on any atom is -0.465 e. The Morgan fingerprint density at radius 3 is 2.13 bits per heavy atom. The predicted octanol–water partition coefficient (Wildman–Crippen LogP) is 4.51. The Morgan fingerprint density at radius 2 is 1.59 bits per heavy atom. The lowest BCUT2D eigenvalue weighted by Crippen LogP contribution is -2.50. The SMILES string of the molecule is Cc1ccc(Cn2c(-c3ccc(C(=O)N4CCN(C(=O)O)CC4)cc3)cc(C(F)(F)F)c(C#N)c2=O)c(C)c1. The molecule has 0 bridgehead atoms. The third kappa shape index (κ3) is 5.65. The molecule has 39 heavy (non-hydrogen) atoms. The second-order valence-corrected chi connectivity index (χ2v) is 9.39. The highest BCUT2D eigenvalue weighted by Gasteiger charge is 2.36. The fraction of sp³-hybridized carbons (Fsp3) is 0.286. The van der Waals surface area contributed by atoms with Crippen molar-refractivity contribution in [2.45, 2.75) is 26.6 Å². The molecule has 2 heterocycles. The number of hydrogen-bond donors (Lipinski definition) is 1. The van der Waals surface area contributed by atoms with Gasteiger partial charge in [0.2, 0.25) is 0 Å². The number of amides is 2. The Labute approximate surface area is 222 Å². The minimum absolute atomic E-state index is 0.0413. The van der Waals surface area contributed by atoms with E-state index in [0.29, 0.717) is 5.56 Å². The summed E-state index contributed by atoms with van der Waals surface area (Å²) < 4.78 is 42.7. The summed E-state index contributed by atoms with van der Waals surface area (Å²) in [5, 5.41) is 18.5. The van der Waals surface area contributed by atoms with Crippen molar-refractivity contribution in [3.63, 3.8) is 0 Å². The van der Waals surface area contributed by atoms with Gasteiger partial charge in [-0.2, -0.15) is 18.4 Å². The summed E-state index contributed by atoms with van der Waals surface area (Å²) in [5.74, 6) is -0.338. The van der Waals surface area contributed by atoms with Crippen LogP contribution in [-0.4, -0.2) is 57.7 Å². The molecule has 0 spiro atoms. The molecule has 2 aromatic carbocycles. The zero-order chi connectivity index (χ0) is 28.5. The molecular weight excluding hydrogens is 513 g/mol. The fourth-order valence-corrected chi connectivity index (χ4v) is 4.63. The number of rotatable bonds is 4. The van der Waals surface area contributed by atoms with Gasteiger partial charge in [0.25, 0.3) is 11.5 Å². The average Bonchev–Trinajstić information content (AvgIpc) is 2.90. The van der Waals surface area contributed by atoms with Crippen molar-refractivity contribution in [3.8, 4) is 17.3 Å². The molecule has 8 nitrogen and oxygen atoms in total. The monoisotopic (exact) mass is 538 g/mol. The van der Waals surface area contributed by atoms with Gasteiger partial charge in [0, 0.05) is 31.7 Å². The van der Waals surface area contributed by atoms with E-state index in [1.54, 1.807) is 6.07 Å². The maximum atomic E-state index is 13.8. The van der Waals surface area contributed by atoms with Gasteiger partial charge in [-0.1, -0.05) is 35.9 Å². The smallest absolute Gasteiger partial charge is 0.417 e. The standard InChI is InChI=1S/C28H25F3N4O4/c1-17-3-4-21(18(2)13-17)16-35-24(14-23(28(29,30)31)22(15-32)26(35)37)19-5-7-20(8-6-19)25(36)33-9-11-34(12-10-33)27(38)39/h3-8,13-14H,9-12,16H2,1-2H3,(H,38,39). The van der Waals surface area contributed by atoms with E-state index in [0.717, 1.165) is 21.8 Å². The summed E-state index contributed by atoms with van der Waals surface area (Å²) >= 11 is 0. The van der Waals surface area contributed by atoms with E-state index in [2.05, 4.69) is 0 Å². The van der Waals surface area contributed by atoms with Gasteiger partial charge in [0.05, 0.1) is 17.8 Å². The lowest BCUT2D eigenvalue weighted by Gasteiger charge is -2.33. The molecule has 0 saturated carbocycles.